The molecule has 0 saturated carbocycles. The number of hydrogen-bond acceptors (Lipinski definition) is 4. The minimum absolute atomic E-state index is 0.108. The Balaban J connectivity index is 2.02. The zero-order valence-corrected chi connectivity index (χ0v) is 11.3. The van der Waals surface area contributed by atoms with Crippen molar-refractivity contribution in [3.05, 3.63) is 35.9 Å². The summed E-state index contributed by atoms with van der Waals surface area (Å²) in [7, 11) is 0. The number of amides is 1. The van der Waals surface area contributed by atoms with Crippen molar-refractivity contribution in [1.82, 2.24) is 4.90 Å². The Bertz CT molecular complexity index is 483. The van der Waals surface area contributed by atoms with Crippen LogP contribution in [0.5, 0.6) is 0 Å². The number of ether oxygens (including phenoxy) is 2. The first-order valence-electron chi connectivity index (χ1n) is 6.12. The first kappa shape index (κ1) is 13.5. The number of carbonyl (C=O) groups is 2. The third kappa shape index (κ3) is 2.93. The van der Waals surface area contributed by atoms with Gasteiger partial charge >= 0.3 is 5.97 Å². The highest BCUT2D eigenvalue weighted by Crippen LogP contribution is 2.27. The summed E-state index contributed by atoms with van der Waals surface area (Å²) in [6.07, 6.45) is -0.730. The Morgan fingerprint density at radius 3 is 2.47 bits per heavy atom. The Morgan fingerprint density at radius 2 is 1.95 bits per heavy atom. The predicted molar refractivity (Wildman–Crippen MR) is 68.2 cm³/mol. The van der Waals surface area contributed by atoms with Crippen LogP contribution in [0.25, 0.3) is 0 Å². The maximum atomic E-state index is 11.9. The molecule has 5 heteroatoms. The fraction of sp³-hybridized carbons (Fsp3) is 0.429. The molecule has 1 saturated heterocycles. The average molecular weight is 263 g/mol. The summed E-state index contributed by atoms with van der Waals surface area (Å²) < 4.78 is 10.8. The molecule has 0 aromatic heterocycles. The van der Waals surface area contributed by atoms with Crippen molar-refractivity contribution in [2.45, 2.75) is 32.8 Å². The van der Waals surface area contributed by atoms with E-state index in [9.17, 15) is 9.59 Å². The standard InChI is InChI=1S/C14H17NO4/c1-10(16)15-9-12(19-14(15,2)3)18-13(17)11-7-5-4-6-8-11/h4-8,12H,9H2,1-3H3. The van der Waals surface area contributed by atoms with Gasteiger partial charge in [-0.05, 0) is 26.0 Å². The molecular weight excluding hydrogens is 246 g/mol. The first-order valence-corrected chi connectivity index (χ1v) is 6.12. The molecular formula is C14H17NO4. The van der Waals surface area contributed by atoms with Crippen LogP contribution < -0.4 is 0 Å². The molecule has 102 valence electrons. The quantitative estimate of drug-likeness (QED) is 0.763. The zero-order valence-electron chi connectivity index (χ0n) is 11.3. The average Bonchev–Trinajstić information content (AvgIpc) is 2.65. The van der Waals surface area contributed by atoms with Gasteiger partial charge in [-0.15, -0.1) is 0 Å². The van der Waals surface area contributed by atoms with E-state index in [-0.39, 0.29) is 12.5 Å². The van der Waals surface area contributed by atoms with E-state index in [0.29, 0.717) is 5.56 Å². The van der Waals surface area contributed by atoms with Gasteiger partial charge < -0.3 is 14.4 Å². The SMILES string of the molecule is CC(=O)N1CC(OC(=O)c2ccccc2)OC1(C)C. The maximum Gasteiger partial charge on any atom is 0.340 e. The molecule has 1 aromatic rings. The van der Waals surface area contributed by atoms with E-state index in [2.05, 4.69) is 0 Å². The van der Waals surface area contributed by atoms with E-state index in [1.165, 1.54) is 11.8 Å². The molecule has 2 rings (SSSR count). The van der Waals surface area contributed by atoms with Crippen LogP contribution in [0.15, 0.2) is 30.3 Å². The number of esters is 1. The summed E-state index contributed by atoms with van der Waals surface area (Å²) in [4.78, 5) is 24.9. The molecule has 1 fully saturated rings. The van der Waals surface area contributed by atoms with Crippen molar-refractivity contribution in [3.63, 3.8) is 0 Å². The van der Waals surface area contributed by atoms with Crippen LogP contribution in [0.2, 0.25) is 0 Å². The molecule has 1 aromatic carbocycles. The van der Waals surface area contributed by atoms with Crippen LogP contribution in [0.3, 0.4) is 0 Å². The zero-order chi connectivity index (χ0) is 14.0. The van der Waals surface area contributed by atoms with Gasteiger partial charge in [0, 0.05) is 6.92 Å². The largest absolute Gasteiger partial charge is 0.430 e. The smallest absolute Gasteiger partial charge is 0.340 e. The lowest BCUT2D eigenvalue weighted by molar-refractivity contribution is -0.157. The molecule has 0 N–H and O–H groups in total. The number of benzene rings is 1. The van der Waals surface area contributed by atoms with Crippen molar-refractivity contribution < 1.29 is 19.1 Å². The summed E-state index contributed by atoms with van der Waals surface area (Å²) in [6.45, 7) is 5.25. The molecule has 1 heterocycles. The topological polar surface area (TPSA) is 55.8 Å². The minimum atomic E-state index is -0.756. The molecule has 1 aliphatic rings. The van der Waals surface area contributed by atoms with Gasteiger partial charge in [-0.25, -0.2) is 4.79 Å². The number of nitrogens with zero attached hydrogens (tertiary/aromatic N) is 1. The summed E-state index contributed by atoms with van der Waals surface area (Å²) in [5.74, 6) is -0.560. The van der Waals surface area contributed by atoms with Gasteiger partial charge in [0.25, 0.3) is 0 Å². The summed E-state index contributed by atoms with van der Waals surface area (Å²) in [5, 5.41) is 0. The molecule has 0 spiro atoms. The molecule has 0 aliphatic carbocycles. The molecule has 5 nitrogen and oxygen atoms in total. The van der Waals surface area contributed by atoms with Crippen molar-refractivity contribution in [1.29, 1.82) is 0 Å². The molecule has 1 aliphatic heterocycles. The van der Waals surface area contributed by atoms with Crippen molar-refractivity contribution >= 4 is 11.9 Å². The predicted octanol–water partition coefficient (Wildman–Crippen LogP) is 1.78. The van der Waals surface area contributed by atoms with E-state index >= 15 is 0 Å². The van der Waals surface area contributed by atoms with Gasteiger partial charge in [0.05, 0.1) is 12.1 Å². The van der Waals surface area contributed by atoms with E-state index in [1.54, 1.807) is 38.1 Å². The van der Waals surface area contributed by atoms with Gasteiger partial charge in [-0.1, -0.05) is 18.2 Å². The minimum Gasteiger partial charge on any atom is -0.430 e. The van der Waals surface area contributed by atoms with Crippen LogP contribution in [0.1, 0.15) is 31.1 Å². The Morgan fingerprint density at radius 1 is 1.32 bits per heavy atom. The summed E-state index contributed by atoms with van der Waals surface area (Å²) in [6, 6.07) is 8.69. The molecule has 1 amide bonds. The Kier molecular flexibility index (Phi) is 3.57. The normalized spacial score (nSPS) is 21.2. The van der Waals surface area contributed by atoms with Crippen LogP contribution >= 0.6 is 0 Å². The molecule has 0 bridgehead atoms. The molecule has 1 unspecified atom stereocenters. The summed E-state index contributed by atoms with van der Waals surface area (Å²) >= 11 is 0. The second-order valence-corrected chi connectivity index (χ2v) is 4.90. The Hall–Kier alpha value is -1.88. The first-order chi connectivity index (χ1) is 8.90. The lowest BCUT2D eigenvalue weighted by Gasteiger charge is -2.27. The van der Waals surface area contributed by atoms with Gasteiger partial charge in [-0.2, -0.15) is 0 Å². The summed E-state index contributed by atoms with van der Waals surface area (Å²) in [5.41, 5.74) is -0.293. The van der Waals surface area contributed by atoms with E-state index in [1.807, 2.05) is 6.07 Å². The van der Waals surface area contributed by atoms with Gasteiger partial charge in [-0.3, -0.25) is 4.79 Å². The van der Waals surface area contributed by atoms with Gasteiger partial charge in [0.15, 0.2) is 0 Å². The highest BCUT2D eigenvalue weighted by atomic mass is 16.7. The lowest BCUT2D eigenvalue weighted by Crippen LogP contribution is -2.42. The fourth-order valence-corrected chi connectivity index (χ4v) is 2.12. The third-order valence-corrected chi connectivity index (χ3v) is 3.03. The third-order valence-electron chi connectivity index (χ3n) is 3.03. The van der Waals surface area contributed by atoms with E-state index < -0.39 is 18.0 Å². The van der Waals surface area contributed by atoms with Crippen molar-refractivity contribution in [2.75, 3.05) is 6.54 Å². The highest BCUT2D eigenvalue weighted by molar-refractivity contribution is 5.89. The van der Waals surface area contributed by atoms with Crippen LogP contribution in [-0.4, -0.2) is 35.3 Å². The monoisotopic (exact) mass is 263 g/mol. The Labute approximate surface area is 112 Å². The number of hydrogen-bond donors (Lipinski definition) is 0. The molecule has 0 radical (unpaired) electrons. The second kappa shape index (κ2) is 5.01. The van der Waals surface area contributed by atoms with Gasteiger partial charge in [0.1, 0.15) is 5.72 Å². The molecule has 19 heavy (non-hydrogen) atoms. The van der Waals surface area contributed by atoms with Crippen LogP contribution in [0, 0.1) is 0 Å². The van der Waals surface area contributed by atoms with E-state index in [0.717, 1.165) is 0 Å². The van der Waals surface area contributed by atoms with Crippen molar-refractivity contribution in [2.24, 2.45) is 0 Å². The highest BCUT2D eigenvalue weighted by Gasteiger charge is 2.42. The maximum absolute atomic E-state index is 11.9. The van der Waals surface area contributed by atoms with Crippen LogP contribution in [0.4, 0.5) is 0 Å². The molecule has 1 atom stereocenters. The van der Waals surface area contributed by atoms with Crippen molar-refractivity contribution in [3.8, 4) is 0 Å². The second-order valence-electron chi connectivity index (χ2n) is 4.90. The lowest BCUT2D eigenvalue weighted by atomic mass is 10.2. The fourth-order valence-electron chi connectivity index (χ4n) is 2.12. The van der Waals surface area contributed by atoms with Gasteiger partial charge in [0.2, 0.25) is 12.2 Å². The number of carbonyl (C=O) groups excluding carboxylic acids is 2. The van der Waals surface area contributed by atoms with Crippen LogP contribution in [-0.2, 0) is 14.3 Å². The number of rotatable bonds is 2. The van der Waals surface area contributed by atoms with E-state index in [4.69, 9.17) is 9.47 Å².